The van der Waals surface area contributed by atoms with Gasteiger partial charge in [-0.05, 0) is 61.3 Å². The van der Waals surface area contributed by atoms with Crippen LogP contribution in [0, 0.1) is 17.8 Å². The first-order valence-corrected chi connectivity index (χ1v) is 9.94. The van der Waals surface area contributed by atoms with Gasteiger partial charge in [-0.15, -0.1) is 0 Å². The minimum Gasteiger partial charge on any atom is -0.457 e. The van der Waals surface area contributed by atoms with Gasteiger partial charge in [0.1, 0.15) is 11.5 Å². The van der Waals surface area contributed by atoms with Crippen LogP contribution in [-0.2, 0) is 14.3 Å². The smallest absolute Gasteiger partial charge is 0.306 e. The van der Waals surface area contributed by atoms with Gasteiger partial charge in [0.2, 0.25) is 0 Å². The van der Waals surface area contributed by atoms with E-state index in [0.717, 1.165) is 18.1 Å². The second kappa shape index (κ2) is 8.46. The SMILES string of the molecule is O=C(COC(=O)CC1CC2CCC1C2)Nc1cccc(Oc2ccccc2)c1. The van der Waals surface area contributed by atoms with Crippen molar-refractivity contribution < 1.29 is 19.1 Å². The third-order valence-electron chi connectivity index (χ3n) is 5.77. The van der Waals surface area contributed by atoms with Crippen molar-refractivity contribution in [2.24, 2.45) is 17.8 Å². The van der Waals surface area contributed by atoms with Gasteiger partial charge in [0, 0.05) is 18.2 Å². The van der Waals surface area contributed by atoms with Crippen LogP contribution in [0.1, 0.15) is 32.1 Å². The standard InChI is InChI=1S/C23H25NO4/c25-22(15-27-23(26)13-18-12-16-9-10-17(18)11-16)24-19-5-4-8-21(14-19)28-20-6-2-1-3-7-20/h1-8,14,16-18H,9-13,15H2,(H,24,25). The molecule has 2 aromatic rings. The number of carbonyl (C=O) groups is 2. The van der Waals surface area contributed by atoms with Crippen molar-refractivity contribution in [3.63, 3.8) is 0 Å². The van der Waals surface area contributed by atoms with E-state index in [4.69, 9.17) is 9.47 Å². The summed E-state index contributed by atoms with van der Waals surface area (Å²) in [6.07, 6.45) is 5.39. The molecule has 0 aliphatic heterocycles. The Morgan fingerprint density at radius 2 is 1.79 bits per heavy atom. The zero-order chi connectivity index (χ0) is 19.3. The van der Waals surface area contributed by atoms with E-state index in [1.54, 1.807) is 18.2 Å². The summed E-state index contributed by atoms with van der Waals surface area (Å²) in [5, 5.41) is 2.75. The van der Waals surface area contributed by atoms with Crippen LogP contribution < -0.4 is 10.1 Å². The number of carbonyl (C=O) groups excluding carboxylic acids is 2. The highest BCUT2D eigenvalue weighted by Crippen LogP contribution is 2.49. The molecule has 2 aliphatic rings. The average Bonchev–Trinajstić information content (AvgIpc) is 3.31. The van der Waals surface area contributed by atoms with Gasteiger partial charge in [-0.1, -0.05) is 30.7 Å². The Hall–Kier alpha value is -2.82. The Bertz CT molecular complexity index is 836. The summed E-state index contributed by atoms with van der Waals surface area (Å²) in [6.45, 7) is -0.260. The summed E-state index contributed by atoms with van der Waals surface area (Å²) in [5.41, 5.74) is 0.600. The van der Waals surface area contributed by atoms with Gasteiger partial charge in [0.25, 0.3) is 5.91 Å². The molecule has 4 rings (SSSR count). The molecule has 0 heterocycles. The van der Waals surface area contributed by atoms with Gasteiger partial charge >= 0.3 is 5.97 Å². The summed E-state index contributed by atoms with van der Waals surface area (Å²) in [5.74, 6) is 2.65. The number of ether oxygens (including phenoxy) is 2. The number of hydrogen-bond donors (Lipinski definition) is 1. The van der Waals surface area contributed by atoms with Crippen molar-refractivity contribution in [2.75, 3.05) is 11.9 Å². The van der Waals surface area contributed by atoms with E-state index in [1.165, 1.54) is 19.3 Å². The third-order valence-corrected chi connectivity index (χ3v) is 5.77. The lowest BCUT2D eigenvalue weighted by Crippen LogP contribution is -2.23. The molecule has 28 heavy (non-hydrogen) atoms. The quantitative estimate of drug-likeness (QED) is 0.703. The summed E-state index contributed by atoms with van der Waals surface area (Å²) in [7, 11) is 0. The molecule has 0 radical (unpaired) electrons. The molecule has 1 amide bonds. The van der Waals surface area contributed by atoms with Gasteiger partial charge < -0.3 is 14.8 Å². The molecular formula is C23H25NO4. The lowest BCUT2D eigenvalue weighted by Gasteiger charge is -2.20. The Labute approximate surface area is 165 Å². The van der Waals surface area contributed by atoms with E-state index in [1.807, 2.05) is 36.4 Å². The largest absolute Gasteiger partial charge is 0.457 e. The molecule has 0 spiro atoms. The number of benzene rings is 2. The molecule has 2 aromatic carbocycles. The highest BCUT2D eigenvalue weighted by molar-refractivity contribution is 5.93. The van der Waals surface area contributed by atoms with Gasteiger partial charge in [-0.2, -0.15) is 0 Å². The summed E-state index contributed by atoms with van der Waals surface area (Å²) >= 11 is 0. The molecule has 2 saturated carbocycles. The van der Waals surface area contributed by atoms with Crippen LogP contribution in [0.2, 0.25) is 0 Å². The van der Waals surface area contributed by atoms with Crippen LogP contribution in [0.3, 0.4) is 0 Å². The van der Waals surface area contributed by atoms with E-state index < -0.39 is 0 Å². The van der Waals surface area contributed by atoms with Crippen molar-refractivity contribution in [3.8, 4) is 11.5 Å². The van der Waals surface area contributed by atoms with Crippen molar-refractivity contribution in [2.45, 2.75) is 32.1 Å². The first-order chi connectivity index (χ1) is 13.7. The minimum atomic E-state index is -0.349. The number of amides is 1. The molecule has 5 heteroatoms. The van der Waals surface area contributed by atoms with Crippen LogP contribution in [-0.4, -0.2) is 18.5 Å². The average molecular weight is 379 g/mol. The first kappa shape index (κ1) is 18.5. The summed E-state index contributed by atoms with van der Waals surface area (Å²) < 4.78 is 10.9. The zero-order valence-electron chi connectivity index (χ0n) is 15.8. The van der Waals surface area contributed by atoms with Crippen LogP contribution in [0.5, 0.6) is 11.5 Å². The number of esters is 1. The summed E-state index contributed by atoms with van der Waals surface area (Å²) in [4.78, 5) is 24.2. The third kappa shape index (κ3) is 4.71. The zero-order valence-corrected chi connectivity index (χ0v) is 15.8. The number of anilines is 1. The minimum absolute atomic E-state index is 0.260. The monoisotopic (exact) mass is 379 g/mol. The molecular weight excluding hydrogens is 354 g/mol. The Kier molecular flexibility index (Phi) is 5.60. The Balaban J connectivity index is 1.23. The second-order valence-electron chi connectivity index (χ2n) is 7.79. The molecule has 3 unspecified atom stereocenters. The molecule has 2 aliphatic carbocycles. The van der Waals surface area contributed by atoms with E-state index in [2.05, 4.69) is 5.32 Å². The molecule has 0 aromatic heterocycles. The Morgan fingerprint density at radius 1 is 0.964 bits per heavy atom. The van der Waals surface area contributed by atoms with Gasteiger partial charge in [-0.25, -0.2) is 0 Å². The second-order valence-corrected chi connectivity index (χ2v) is 7.79. The summed E-state index contributed by atoms with van der Waals surface area (Å²) in [6, 6.07) is 16.6. The molecule has 0 saturated heterocycles. The number of fused-ring (bicyclic) bond motifs is 2. The number of hydrogen-bond acceptors (Lipinski definition) is 4. The van der Waals surface area contributed by atoms with E-state index in [-0.39, 0.29) is 18.5 Å². The Morgan fingerprint density at radius 3 is 2.54 bits per heavy atom. The fourth-order valence-electron chi connectivity index (χ4n) is 4.50. The molecule has 2 fully saturated rings. The predicted molar refractivity (Wildman–Crippen MR) is 106 cm³/mol. The van der Waals surface area contributed by atoms with Crippen molar-refractivity contribution in [1.29, 1.82) is 0 Å². The number of para-hydroxylation sites is 1. The highest BCUT2D eigenvalue weighted by Gasteiger charge is 2.40. The highest BCUT2D eigenvalue weighted by atomic mass is 16.5. The van der Waals surface area contributed by atoms with Gasteiger partial charge in [0.05, 0.1) is 0 Å². The van der Waals surface area contributed by atoms with Crippen LogP contribution in [0.25, 0.3) is 0 Å². The lowest BCUT2D eigenvalue weighted by atomic mass is 9.86. The lowest BCUT2D eigenvalue weighted by molar-refractivity contribution is -0.148. The maximum absolute atomic E-state index is 12.1. The van der Waals surface area contributed by atoms with Gasteiger partial charge in [-0.3, -0.25) is 9.59 Å². The number of rotatable bonds is 7. The van der Waals surface area contributed by atoms with E-state index in [0.29, 0.717) is 29.7 Å². The molecule has 2 bridgehead atoms. The molecule has 146 valence electrons. The van der Waals surface area contributed by atoms with E-state index >= 15 is 0 Å². The maximum atomic E-state index is 12.1. The normalized spacial score (nSPS) is 22.6. The van der Waals surface area contributed by atoms with Crippen LogP contribution >= 0.6 is 0 Å². The van der Waals surface area contributed by atoms with Gasteiger partial charge in [0.15, 0.2) is 6.61 Å². The molecule has 3 atom stereocenters. The first-order valence-electron chi connectivity index (χ1n) is 9.94. The van der Waals surface area contributed by atoms with Crippen molar-refractivity contribution in [1.82, 2.24) is 0 Å². The number of nitrogens with one attached hydrogen (secondary N) is 1. The van der Waals surface area contributed by atoms with Crippen molar-refractivity contribution in [3.05, 3.63) is 54.6 Å². The topological polar surface area (TPSA) is 64.6 Å². The molecule has 1 N–H and O–H groups in total. The maximum Gasteiger partial charge on any atom is 0.306 e. The molecule has 5 nitrogen and oxygen atoms in total. The fourth-order valence-corrected chi connectivity index (χ4v) is 4.50. The fraction of sp³-hybridized carbons (Fsp3) is 0.391. The predicted octanol–water partition coefficient (Wildman–Crippen LogP) is 4.79. The van der Waals surface area contributed by atoms with E-state index in [9.17, 15) is 9.59 Å². The van der Waals surface area contributed by atoms with Crippen LogP contribution in [0.4, 0.5) is 5.69 Å². The van der Waals surface area contributed by atoms with Crippen molar-refractivity contribution >= 4 is 17.6 Å². The van der Waals surface area contributed by atoms with Crippen LogP contribution in [0.15, 0.2) is 54.6 Å².